The van der Waals surface area contributed by atoms with Gasteiger partial charge in [-0.05, 0) is 42.3 Å². The summed E-state index contributed by atoms with van der Waals surface area (Å²) in [5.74, 6) is 0.242. The average molecular weight is 524 g/mol. The summed E-state index contributed by atoms with van der Waals surface area (Å²) >= 11 is 13.6. The number of hydrogen-bond acceptors (Lipinski definition) is 3. The van der Waals surface area contributed by atoms with Crippen molar-refractivity contribution in [2.45, 2.75) is 17.9 Å². The zero-order valence-corrected chi connectivity index (χ0v) is 21.2. The second-order valence-electron chi connectivity index (χ2n) is 8.30. The molecular weight excluding hydrogens is 501 g/mol. The Balaban J connectivity index is 1.25. The molecule has 4 aromatic rings. The first-order valence-corrected chi connectivity index (χ1v) is 13.1. The van der Waals surface area contributed by atoms with Gasteiger partial charge in [0.25, 0.3) is 5.91 Å². The van der Waals surface area contributed by atoms with Gasteiger partial charge in [-0.25, -0.2) is 0 Å². The number of para-hydroxylation sites is 2. The first kappa shape index (κ1) is 23.8. The number of nitrogens with one attached hydrogen (secondary N) is 1. The zero-order chi connectivity index (χ0) is 24.4. The largest absolute Gasteiger partial charge is 0.350 e. The summed E-state index contributed by atoms with van der Waals surface area (Å²) in [4.78, 5) is 28.5. The van der Waals surface area contributed by atoms with E-state index in [0.29, 0.717) is 34.5 Å². The fraction of sp³-hybridized carbons (Fsp3) is 0.185. The molecule has 0 bridgehead atoms. The Bertz CT molecular complexity index is 1420. The van der Waals surface area contributed by atoms with Crippen molar-refractivity contribution in [3.8, 4) is 0 Å². The number of carbonyl (C=O) groups excluding carboxylic acids is 2. The highest BCUT2D eigenvalue weighted by Crippen LogP contribution is 2.32. The normalized spacial score (nSPS) is 12.7. The first-order chi connectivity index (χ1) is 17.0. The van der Waals surface area contributed by atoms with Gasteiger partial charge in [0, 0.05) is 52.3 Å². The molecule has 1 N–H and O–H groups in total. The third-order valence-corrected chi connectivity index (χ3v) is 7.68. The van der Waals surface area contributed by atoms with Crippen molar-refractivity contribution in [2.75, 3.05) is 23.7 Å². The molecule has 0 saturated heterocycles. The zero-order valence-electron chi connectivity index (χ0n) is 18.8. The molecule has 1 aliphatic rings. The summed E-state index contributed by atoms with van der Waals surface area (Å²) in [5, 5.41) is 4.83. The number of carbonyl (C=O) groups is 2. The fourth-order valence-electron chi connectivity index (χ4n) is 4.39. The summed E-state index contributed by atoms with van der Waals surface area (Å²) < 4.78 is 2.11. The van der Waals surface area contributed by atoms with E-state index in [1.54, 1.807) is 30.0 Å². The maximum atomic E-state index is 13.0. The molecule has 0 saturated carbocycles. The topological polar surface area (TPSA) is 54.3 Å². The predicted molar refractivity (Wildman–Crippen MR) is 144 cm³/mol. The minimum atomic E-state index is -0.241. The number of rotatable bonds is 7. The van der Waals surface area contributed by atoms with Crippen molar-refractivity contribution >= 4 is 63.4 Å². The van der Waals surface area contributed by atoms with Crippen molar-refractivity contribution in [3.05, 3.63) is 94.1 Å². The van der Waals surface area contributed by atoms with E-state index in [1.165, 1.54) is 5.56 Å². The highest BCUT2D eigenvalue weighted by molar-refractivity contribution is 8.00. The van der Waals surface area contributed by atoms with Gasteiger partial charge < -0.3 is 14.8 Å². The molecule has 0 atom stereocenters. The monoisotopic (exact) mass is 523 g/mol. The molecule has 178 valence electrons. The lowest BCUT2D eigenvalue weighted by Gasteiger charge is -2.16. The van der Waals surface area contributed by atoms with E-state index < -0.39 is 0 Å². The molecule has 0 fully saturated rings. The average Bonchev–Trinajstić information content (AvgIpc) is 3.44. The number of thioether (sulfide) groups is 1. The number of halogens is 2. The van der Waals surface area contributed by atoms with Crippen LogP contribution in [0.2, 0.25) is 10.0 Å². The van der Waals surface area contributed by atoms with E-state index in [0.717, 1.165) is 34.5 Å². The van der Waals surface area contributed by atoms with Gasteiger partial charge >= 0.3 is 0 Å². The second kappa shape index (κ2) is 10.4. The van der Waals surface area contributed by atoms with E-state index in [2.05, 4.69) is 34.3 Å². The third kappa shape index (κ3) is 5.06. The number of benzene rings is 3. The Hall–Kier alpha value is -2.93. The molecule has 8 heteroatoms. The van der Waals surface area contributed by atoms with Crippen molar-refractivity contribution in [1.82, 2.24) is 9.88 Å². The molecular formula is C27H23Cl2N3O2S. The summed E-state index contributed by atoms with van der Waals surface area (Å²) in [6, 6.07) is 21.0. The van der Waals surface area contributed by atoms with Gasteiger partial charge in [0.05, 0.1) is 16.3 Å². The summed E-state index contributed by atoms with van der Waals surface area (Å²) in [5.41, 5.74) is 3.71. The molecule has 35 heavy (non-hydrogen) atoms. The molecule has 2 amide bonds. The molecule has 0 radical (unpaired) electrons. The van der Waals surface area contributed by atoms with Gasteiger partial charge in [0.1, 0.15) is 0 Å². The van der Waals surface area contributed by atoms with Crippen LogP contribution in [0.4, 0.5) is 5.69 Å². The van der Waals surface area contributed by atoms with Crippen LogP contribution in [-0.2, 0) is 17.8 Å². The molecule has 2 heterocycles. The van der Waals surface area contributed by atoms with E-state index in [-0.39, 0.29) is 11.8 Å². The van der Waals surface area contributed by atoms with Gasteiger partial charge in [0.15, 0.2) is 0 Å². The maximum Gasteiger partial charge on any atom is 0.252 e. The lowest BCUT2D eigenvalue weighted by Crippen LogP contribution is -2.30. The standard InChI is InChI=1S/C27H23Cl2N3O2S/c28-19-9-10-20(22(29)15-19)27(34)30-12-14-31-16-25(21-6-2-4-8-24(21)31)35-17-26(33)32-13-11-18-5-1-3-7-23(18)32/h1-10,15-16H,11-14,17H2,(H,30,34). The van der Waals surface area contributed by atoms with E-state index in [9.17, 15) is 9.59 Å². The summed E-state index contributed by atoms with van der Waals surface area (Å²) in [6.45, 7) is 1.76. The number of hydrogen-bond donors (Lipinski definition) is 1. The lowest BCUT2D eigenvalue weighted by molar-refractivity contribution is -0.116. The maximum absolute atomic E-state index is 13.0. The van der Waals surface area contributed by atoms with Crippen molar-refractivity contribution in [2.24, 2.45) is 0 Å². The van der Waals surface area contributed by atoms with Crippen molar-refractivity contribution < 1.29 is 9.59 Å². The van der Waals surface area contributed by atoms with Crippen LogP contribution in [0.3, 0.4) is 0 Å². The highest BCUT2D eigenvalue weighted by atomic mass is 35.5. The Labute approximate surface area is 218 Å². The number of amides is 2. The van der Waals surface area contributed by atoms with Crippen LogP contribution >= 0.6 is 35.0 Å². The van der Waals surface area contributed by atoms with Crippen LogP contribution in [-0.4, -0.2) is 35.2 Å². The van der Waals surface area contributed by atoms with E-state index >= 15 is 0 Å². The molecule has 0 unspecified atom stereocenters. The van der Waals surface area contributed by atoms with Crippen LogP contribution in [0.1, 0.15) is 15.9 Å². The predicted octanol–water partition coefficient (Wildman–Crippen LogP) is 6.06. The quantitative estimate of drug-likeness (QED) is 0.299. The van der Waals surface area contributed by atoms with E-state index in [4.69, 9.17) is 23.2 Å². The number of nitrogens with zero attached hydrogens (tertiary/aromatic N) is 2. The molecule has 5 rings (SSSR count). The molecule has 1 aliphatic heterocycles. The first-order valence-electron chi connectivity index (χ1n) is 11.3. The Kier molecular flexibility index (Phi) is 7.04. The molecule has 1 aromatic heterocycles. The Morgan fingerprint density at radius 2 is 1.80 bits per heavy atom. The number of aromatic nitrogens is 1. The molecule has 0 aliphatic carbocycles. The van der Waals surface area contributed by atoms with Gasteiger partial charge in [-0.1, -0.05) is 59.6 Å². The number of fused-ring (bicyclic) bond motifs is 2. The van der Waals surface area contributed by atoms with Gasteiger partial charge in [0.2, 0.25) is 5.91 Å². The minimum Gasteiger partial charge on any atom is -0.350 e. The number of anilines is 1. The summed E-state index contributed by atoms with van der Waals surface area (Å²) in [6.07, 6.45) is 2.96. The minimum absolute atomic E-state index is 0.115. The van der Waals surface area contributed by atoms with Gasteiger partial charge in [-0.15, -0.1) is 11.8 Å². The molecule has 0 spiro atoms. The third-order valence-electron chi connectivity index (χ3n) is 6.11. The Morgan fingerprint density at radius 1 is 1.00 bits per heavy atom. The lowest BCUT2D eigenvalue weighted by atomic mass is 10.2. The van der Waals surface area contributed by atoms with Crippen LogP contribution in [0.5, 0.6) is 0 Å². The highest BCUT2D eigenvalue weighted by Gasteiger charge is 2.24. The van der Waals surface area contributed by atoms with Crippen molar-refractivity contribution in [1.29, 1.82) is 0 Å². The van der Waals surface area contributed by atoms with E-state index in [1.807, 2.05) is 35.2 Å². The van der Waals surface area contributed by atoms with Crippen LogP contribution < -0.4 is 10.2 Å². The van der Waals surface area contributed by atoms with Crippen molar-refractivity contribution in [3.63, 3.8) is 0 Å². The van der Waals surface area contributed by atoms with Gasteiger partial charge in [-0.3, -0.25) is 9.59 Å². The van der Waals surface area contributed by atoms with Gasteiger partial charge in [-0.2, -0.15) is 0 Å². The molecule has 5 nitrogen and oxygen atoms in total. The smallest absolute Gasteiger partial charge is 0.252 e. The van der Waals surface area contributed by atoms with Crippen LogP contribution in [0.15, 0.2) is 77.8 Å². The Morgan fingerprint density at radius 3 is 2.66 bits per heavy atom. The van der Waals surface area contributed by atoms with Crippen LogP contribution in [0, 0.1) is 0 Å². The fourth-order valence-corrected chi connectivity index (χ4v) is 5.85. The van der Waals surface area contributed by atoms with Crippen LogP contribution in [0.25, 0.3) is 10.9 Å². The molecule has 3 aromatic carbocycles. The SMILES string of the molecule is O=C(NCCn1cc(SCC(=O)N2CCc3ccccc32)c2ccccc21)c1ccc(Cl)cc1Cl. The summed E-state index contributed by atoms with van der Waals surface area (Å²) in [7, 11) is 0. The second-order valence-corrected chi connectivity index (χ2v) is 10.2.